The van der Waals surface area contributed by atoms with Gasteiger partial charge in [0.05, 0.1) is 12.7 Å². The predicted molar refractivity (Wildman–Crippen MR) is 99.3 cm³/mol. The third kappa shape index (κ3) is 4.84. The largest absolute Gasteiger partial charge is 0.340 e. The molecule has 0 radical (unpaired) electrons. The first-order chi connectivity index (χ1) is 12.5. The molecule has 1 aromatic rings. The minimum atomic E-state index is 0.112. The van der Waals surface area contributed by atoms with Crippen molar-refractivity contribution in [2.24, 2.45) is 13.0 Å². The van der Waals surface area contributed by atoms with Crippen LogP contribution in [0.2, 0.25) is 0 Å². The van der Waals surface area contributed by atoms with Gasteiger partial charge in [0.1, 0.15) is 0 Å². The number of carbonyl (C=O) groups excluding carboxylic acids is 2. The van der Waals surface area contributed by atoms with Crippen molar-refractivity contribution < 1.29 is 9.59 Å². The molecule has 2 heterocycles. The number of likely N-dealkylation sites (N-methyl/N-ethyl adjacent to an activating group) is 1. The van der Waals surface area contributed by atoms with E-state index in [2.05, 4.69) is 10.00 Å². The molecule has 26 heavy (non-hydrogen) atoms. The highest BCUT2D eigenvalue weighted by Gasteiger charge is 2.29. The molecule has 1 saturated heterocycles. The number of carbonyl (C=O) groups is 2. The summed E-state index contributed by atoms with van der Waals surface area (Å²) in [6.07, 6.45) is 9.47. The van der Waals surface area contributed by atoms with Crippen LogP contribution in [0, 0.1) is 5.92 Å². The van der Waals surface area contributed by atoms with Gasteiger partial charge in [0.25, 0.3) is 0 Å². The maximum absolute atomic E-state index is 12.6. The Labute approximate surface area is 155 Å². The van der Waals surface area contributed by atoms with Gasteiger partial charge in [-0.15, -0.1) is 0 Å². The first-order valence-electron chi connectivity index (χ1n) is 9.75. The molecule has 0 atom stereocenters. The molecule has 1 aliphatic heterocycles. The van der Waals surface area contributed by atoms with Crippen LogP contribution in [0.5, 0.6) is 0 Å². The Kier molecular flexibility index (Phi) is 6.29. The summed E-state index contributed by atoms with van der Waals surface area (Å²) in [6, 6.07) is 0. The molecule has 3 rings (SSSR count). The lowest BCUT2D eigenvalue weighted by atomic mass is 9.88. The zero-order valence-corrected chi connectivity index (χ0v) is 16.1. The van der Waals surface area contributed by atoms with Crippen molar-refractivity contribution in [3.8, 4) is 0 Å². The van der Waals surface area contributed by atoms with Crippen LogP contribution in [0.25, 0.3) is 0 Å². The van der Waals surface area contributed by atoms with E-state index in [9.17, 15) is 9.59 Å². The van der Waals surface area contributed by atoms with Gasteiger partial charge in [-0.3, -0.25) is 19.2 Å². The number of aryl methyl sites for hydroxylation is 1. The second-order valence-corrected chi connectivity index (χ2v) is 7.71. The van der Waals surface area contributed by atoms with Crippen LogP contribution in [0.4, 0.5) is 0 Å². The van der Waals surface area contributed by atoms with Crippen LogP contribution in [0.1, 0.15) is 37.7 Å². The second kappa shape index (κ2) is 8.66. The smallest absolute Gasteiger partial charge is 0.236 e. The minimum absolute atomic E-state index is 0.112. The van der Waals surface area contributed by atoms with Gasteiger partial charge in [-0.25, -0.2) is 0 Å². The number of amides is 2. The summed E-state index contributed by atoms with van der Waals surface area (Å²) in [6.45, 7) is 4.05. The Morgan fingerprint density at radius 2 is 1.85 bits per heavy atom. The van der Waals surface area contributed by atoms with Gasteiger partial charge >= 0.3 is 0 Å². The van der Waals surface area contributed by atoms with Crippen LogP contribution in [-0.2, 0) is 23.2 Å². The van der Waals surface area contributed by atoms with E-state index in [1.165, 1.54) is 19.3 Å². The summed E-state index contributed by atoms with van der Waals surface area (Å²) in [5, 5.41) is 4.14. The lowest BCUT2D eigenvalue weighted by Gasteiger charge is -2.37. The molecule has 7 nitrogen and oxygen atoms in total. The number of hydrogen-bond acceptors (Lipinski definition) is 4. The maximum Gasteiger partial charge on any atom is 0.236 e. The lowest BCUT2D eigenvalue weighted by Crippen LogP contribution is -2.52. The first kappa shape index (κ1) is 18.9. The number of rotatable bonds is 5. The van der Waals surface area contributed by atoms with Gasteiger partial charge in [-0.05, 0) is 12.8 Å². The van der Waals surface area contributed by atoms with E-state index in [4.69, 9.17) is 0 Å². The average molecular weight is 361 g/mol. The van der Waals surface area contributed by atoms with Crippen LogP contribution in [0.3, 0.4) is 0 Å². The number of hydrogen-bond donors (Lipinski definition) is 0. The SMILES string of the molecule is CN(Cc1cnn(C)c1)C(=O)CN1CCN(C(=O)C2CCCCC2)CC1. The summed E-state index contributed by atoms with van der Waals surface area (Å²) < 4.78 is 1.75. The van der Waals surface area contributed by atoms with Crippen LogP contribution < -0.4 is 0 Å². The summed E-state index contributed by atoms with van der Waals surface area (Å²) >= 11 is 0. The molecule has 0 aromatic carbocycles. The molecule has 1 aromatic heterocycles. The van der Waals surface area contributed by atoms with E-state index >= 15 is 0 Å². The first-order valence-corrected chi connectivity index (χ1v) is 9.75. The highest BCUT2D eigenvalue weighted by molar-refractivity contribution is 5.79. The fourth-order valence-electron chi connectivity index (χ4n) is 3.96. The van der Waals surface area contributed by atoms with Crippen molar-refractivity contribution in [2.75, 3.05) is 39.8 Å². The Bertz CT molecular complexity index is 615. The van der Waals surface area contributed by atoms with Crippen molar-refractivity contribution in [2.45, 2.75) is 38.6 Å². The molecule has 1 aliphatic carbocycles. The minimum Gasteiger partial charge on any atom is -0.340 e. The Hall–Kier alpha value is -1.89. The molecular weight excluding hydrogens is 330 g/mol. The third-order valence-electron chi connectivity index (χ3n) is 5.60. The average Bonchev–Trinajstić information content (AvgIpc) is 3.07. The summed E-state index contributed by atoms with van der Waals surface area (Å²) in [5.41, 5.74) is 1.03. The number of nitrogens with zero attached hydrogens (tertiary/aromatic N) is 5. The van der Waals surface area contributed by atoms with Gasteiger partial charge in [0.2, 0.25) is 11.8 Å². The highest BCUT2D eigenvalue weighted by atomic mass is 16.2. The van der Waals surface area contributed by atoms with Gasteiger partial charge in [-0.1, -0.05) is 19.3 Å². The van der Waals surface area contributed by atoms with Gasteiger partial charge < -0.3 is 9.80 Å². The third-order valence-corrected chi connectivity index (χ3v) is 5.60. The lowest BCUT2D eigenvalue weighted by molar-refractivity contribution is -0.139. The van der Waals surface area contributed by atoms with E-state index < -0.39 is 0 Å². The van der Waals surface area contributed by atoms with E-state index in [1.54, 1.807) is 15.8 Å². The van der Waals surface area contributed by atoms with E-state index in [-0.39, 0.29) is 11.8 Å². The van der Waals surface area contributed by atoms with Gasteiger partial charge in [-0.2, -0.15) is 5.10 Å². The zero-order valence-electron chi connectivity index (χ0n) is 16.1. The molecule has 0 N–H and O–H groups in total. The summed E-state index contributed by atoms with van der Waals surface area (Å²) in [7, 11) is 3.71. The van der Waals surface area contributed by atoms with Crippen molar-refractivity contribution in [3.63, 3.8) is 0 Å². The summed E-state index contributed by atoms with van der Waals surface area (Å²) in [5.74, 6) is 0.688. The maximum atomic E-state index is 12.6. The number of aromatic nitrogens is 2. The Morgan fingerprint density at radius 3 is 2.46 bits per heavy atom. The fourth-order valence-corrected chi connectivity index (χ4v) is 3.96. The molecule has 0 unspecified atom stereocenters. The normalized spacial score (nSPS) is 19.5. The molecule has 2 aliphatic rings. The molecule has 7 heteroatoms. The topological polar surface area (TPSA) is 61.7 Å². The fraction of sp³-hybridized carbons (Fsp3) is 0.737. The molecular formula is C19H31N5O2. The molecule has 1 saturated carbocycles. The highest BCUT2D eigenvalue weighted by Crippen LogP contribution is 2.25. The second-order valence-electron chi connectivity index (χ2n) is 7.71. The molecule has 0 bridgehead atoms. The van der Waals surface area contributed by atoms with Crippen LogP contribution in [0.15, 0.2) is 12.4 Å². The molecule has 2 fully saturated rings. The van der Waals surface area contributed by atoms with E-state index in [0.717, 1.165) is 44.6 Å². The quantitative estimate of drug-likeness (QED) is 0.788. The Morgan fingerprint density at radius 1 is 1.15 bits per heavy atom. The number of piperazine rings is 1. The van der Waals surface area contributed by atoms with Crippen molar-refractivity contribution >= 4 is 11.8 Å². The van der Waals surface area contributed by atoms with Gasteiger partial charge in [0.15, 0.2) is 0 Å². The summed E-state index contributed by atoms with van der Waals surface area (Å²) in [4.78, 5) is 31.0. The van der Waals surface area contributed by atoms with Crippen molar-refractivity contribution in [3.05, 3.63) is 18.0 Å². The molecule has 2 amide bonds. The van der Waals surface area contributed by atoms with Crippen molar-refractivity contribution in [1.29, 1.82) is 0 Å². The van der Waals surface area contributed by atoms with E-state index in [1.807, 2.05) is 25.2 Å². The van der Waals surface area contributed by atoms with Crippen LogP contribution >= 0.6 is 0 Å². The van der Waals surface area contributed by atoms with Crippen LogP contribution in [-0.4, -0.2) is 76.1 Å². The monoisotopic (exact) mass is 361 g/mol. The predicted octanol–water partition coefficient (Wildman–Crippen LogP) is 1.10. The molecule has 144 valence electrons. The Balaban J connectivity index is 1.41. The van der Waals surface area contributed by atoms with E-state index in [0.29, 0.717) is 19.0 Å². The zero-order chi connectivity index (χ0) is 18.5. The van der Waals surface area contributed by atoms with Gasteiger partial charge in [0, 0.05) is 64.5 Å². The molecule has 0 spiro atoms. The van der Waals surface area contributed by atoms with Crippen molar-refractivity contribution in [1.82, 2.24) is 24.5 Å². The standard InChI is InChI=1S/C19H31N5O2/c1-21(13-16-12-20-22(2)14-16)18(25)15-23-8-10-24(11-9-23)19(26)17-6-4-3-5-7-17/h12,14,17H,3-11,13,15H2,1-2H3.